The van der Waals surface area contributed by atoms with E-state index in [1.807, 2.05) is 0 Å². The fraction of sp³-hybridized carbons (Fsp3) is 0.474. The molecule has 2 aliphatic heterocycles. The van der Waals surface area contributed by atoms with E-state index in [1.165, 1.54) is 4.57 Å². The SMILES string of the molecule is C[C@H]1COc2c(N3CCC4(CC4N)C3)c(F)c(F)c3cc(C(=O)O)c(=O)n1c23. The lowest BCUT2D eigenvalue weighted by Gasteiger charge is -2.31. The van der Waals surface area contributed by atoms with Crippen LogP contribution in [0.15, 0.2) is 10.9 Å². The number of benzene rings is 1. The van der Waals surface area contributed by atoms with Crippen LogP contribution in [0.3, 0.4) is 0 Å². The molecule has 1 saturated carbocycles. The topological polar surface area (TPSA) is 97.8 Å². The largest absolute Gasteiger partial charge is 0.487 e. The molecule has 28 heavy (non-hydrogen) atoms. The summed E-state index contributed by atoms with van der Waals surface area (Å²) in [6.07, 6.45) is 1.63. The summed E-state index contributed by atoms with van der Waals surface area (Å²) in [7, 11) is 0. The number of nitrogens with zero attached hydrogens (tertiary/aromatic N) is 2. The Balaban J connectivity index is 1.81. The van der Waals surface area contributed by atoms with E-state index in [0.29, 0.717) is 13.1 Å². The number of anilines is 1. The Kier molecular flexibility index (Phi) is 3.38. The molecule has 2 unspecified atom stereocenters. The highest BCUT2D eigenvalue weighted by molar-refractivity contribution is 5.97. The van der Waals surface area contributed by atoms with Gasteiger partial charge in [0.2, 0.25) is 0 Å². The van der Waals surface area contributed by atoms with Crippen molar-refractivity contribution in [3.63, 3.8) is 0 Å². The molecular weight excluding hydrogens is 372 g/mol. The molecule has 2 aromatic rings. The Labute approximate surface area is 158 Å². The molecular formula is C19H19F2N3O4. The van der Waals surface area contributed by atoms with Crippen LogP contribution in [0.1, 0.15) is 36.2 Å². The molecule has 3 aliphatic rings. The van der Waals surface area contributed by atoms with Crippen LogP contribution in [0.5, 0.6) is 5.75 Å². The van der Waals surface area contributed by atoms with Gasteiger partial charge in [-0.3, -0.25) is 9.36 Å². The van der Waals surface area contributed by atoms with E-state index in [1.54, 1.807) is 11.8 Å². The zero-order valence-corrected chi connectivity index (χ0v) is 15.2. The number of hydrogen-bond acceptors (Lipinski definition) is 5. The summed E-state index contributed by atoms with van der Waals surface area (Å²) in [6, 6.07) is 0.437. The molecule has 9 heteroatoms. The van der Waals surface area contributed by atoms with Crippen molar-refractivity contribution in [1.82, 2.24) is 4.57 Å². The second-order valence-electron chi connectivity index (χ2n) is 8.11. The van der Waals surface area contributed by atoms with Crippen molar-refractivity contribution in [2.75, 3.05) is 24.6 Å². The van der Waals surface area contributed by atoms with E-state index in [2.05, 4.69) is 0 Å². The Hall–Kier alpha value is -2.68. The van der Waals surface area contributed by atoms with Gasteiger partial charge in [0.15, 0.2) is 17.4 Å². The van der Waals surface area contributed by atoms with Gasteiger partial charge in [-0.2, -0.15) is 0 Å². The summed E-state index contributed by atoms with van der Waals surface area (Å²) in [6.45, 7) is 2.74. The van der Waals surface area contributed by atoms with E-state index < -0.39 is 34.8 Å². The number of halogens is 2. The number of pyridine rings is 1. The smallest absolute Gasteiger partial charge is 0.341 e. The van der Waals surface area contributed by atoms with Gasteiger partial charge in [-0.1, -0.05) is 0 Å². The highest BCUT2D eigenvalue weighted by Gasteiger charge is 2.56. The first-order valence-electron chi connectivity index (χ1n) is 9.22. The standard InChI is InChI=1S/C19H19F2N3O4/c1-8-6-28-16-14-9(4-10(18(26)27)17(25)24(8)14)12(20)13(21)15(16)23-3-2-19(7-23)5-11(19)22/h4,8,11H,2-3,5-7,22H2,1H3,(H,26,27)/t8-,11?,19?/m0/s1. The van der Waals surface area contributed by atoms with Crippen molar-refractivity contribution in [3.8, 4) is 5.75 Å². The van der Waals surface area contributed by atoms with Crippen molar-refractivity contribution in [3.05, 3.63) is 33.6 Å². The quantitative estimate of drug-likeness (QED) is 0.811. The number of aromatic carboxylic acids is 1. The van der Waals surface area contributed by atoms with Gasteiger partial charge in [-0.25, -0.2) is 13.6 Å². The molecule has 3 N–H and O–H groups in total. The summed E-state index contributed by atoms with van der Waals surface area (Å²) in [5, 5.41) is 9.05. The second-order valence-corrected chi connectivity index (χ2v) is 8.11. The van der Waals surface area contributed by atoms with Gasteiger partial charge in [-0.05, 0) is 25.8 Å². The van der Waals surface area contributed by atoms with Gasteiger partial charge in [0.1, 0.15) is 17.9 Å². The molecule has 1 aliphatic carbocycles. The van der Waals surface area contributed by atoms with Crippen molar-refractivity contribution in [2.24, 2.45) is 11.1 Å². The van der Waals surface area contributed by atoms with E-state index >= 15 is 8.78 Å². The summed E-state index contributed by atoms with van der Waals surface area (Å²) in [5.41, 5.74) is 4.70. The van der Waals surface area contributed by atoms with Crippen LogP contribution >= 0.6 is 0 Å². The number of carboxylic acids is 1. The molecule has 3 atom stereocenters. The third-order valence-corrected chi connectivity index (χ3v) is 6.40. The minimum atomic E-state index is -1.48. The minimum absolute atomic E-state index is 0.0101. The normalized spacial score (nSPS) is 28.1. The fourth-order valence-electron chi connectivity index (χ4n) is 4.67. The molecule has 148 valence electrons. The van der Waals surface area contributed by atoms with Crippen molar-refractivity contribution in [1.29, 1.82) is 0 Å². The van der Waals surface area contributed by atoms with E-state index in [-0.39, 0.29) is 40.4 Å². The summed E-state index contributed by atoms with van der Waals surface area (Å²) in [4.78, 5) is 25.9. The summed E-state index contributed by atoms with van der Waals surface area (Å²) >= 11 is 0. The number of ether oxygens (including phenoxy) is 1. The average Bonchev–Trinajstić information content (AvgIpc) is 3.07. The number of carboxylic acid groups (broad SMARTS) is 1. The van der Waals surface area contributed by atoms with Gasteiger partial charge in [0.25, 0.3) is 5.56 Å². The first-order chi connectivity index (χ1) is 13.2. The van der Waals surface area contributed by atoms with Gasteiger partial charge in [0.05, 0.1) is 11.6 Å². The lowest BCUT2D eigenvalue weighted by atomic mass is 10.0. The molecule has 1 saturated heterocycles. The lowest BCUT2D eigenvalue weighted by molar-refractivity contribution is 0.0694. The number of hydrogen-bond donors (Lipinski definition) is 2. The van der Waals surface area contributed by atoms with E-state index in [4.69, 9.17) is 10.5 Å². The zero-order chi connectivity index (χ0) is 20.0. The van der Waals surface area contributed by atoms with Crippen LogP contribution in [0.4, 0.5) is 14.5 Å². The Bertz CT molecular complexity index is 1120. The zero-order valence-electron chi connectivity index (χ0n) is 15.2. The average molecular weight is 391 g/mol. The number of rotatable bonds is 2. The molecule has 0 amide bonds. The molecule has 5 rings (SSSR count). The van der Waals surface area contributed by atoms with Crippen LogP contribution in [0.25, 0.3) is 10.9 Å². The summed E-state index contributed by atoms with van der Waals surface area (Å²) < 4.78 is 37.1. The third-order valence-electron chi connectivity index (χ3n) is 6.40. The lowest BCUT2D eigenvalue weighted by Crippen LogP contribution is -2.35. The minimum Gasteiger partial charge on any atom is -0.487 e. The van der Waals surface area contributed by atoms with Crippen LogP contribution < -0.4 is 20.9 Å². The van der Waals surface area contributed by atoms with Crippen LogP contribution in [0, 0.1) is 17.0 Å². The molecule has 3 heterocycles. The maximum atomic E-state index is 15.1. The van der Waals surface area contributed by atoms with E-state index in [9.17, 15) is 14.7 Å². The molecule has 7 nitrogen and oxygen atoms in total. The van der Waals surface area contributed by atoms with Crippen molar-refractivity contribution >= 4 is 22.6 Å². The van der Waals surface area contributed by atoms with Crippen LogP contribution in [-0.2, 0) is 0 Å². The van der Waals surface area contributed by atoms with Crippen LogP contribution in [-0.4, -0.2) is 41.4 Å². The molecule has 1 spiro atoms. The molecule has 1 aromatic carbocycles. The number of carbonyl (C=O) groups is 1. The monoisotopic (exact) mass is 391 g/mol. The molecule has 2 fully saturated rings. The molecule has 1 aromatic heterocycles. The van der Waals surface area contributed by atoms with Crippen molar-refractivity contribution in [2.45, 2.75) is 31.8 Å². The highest BCUT2D eigenvalue weighted by Crippen LogP contribution is 2.54. The fourth-order valence-corrected chi connectivity index (χ4v) is 4.67. The van der Waals surface area contributed by atoms with Crippen molar-refractivity contribution < 1.29 is 23.4 Å². The van der Waals surface area contributed by atoms with Gasteiger partial charge < -0.3 is 20.5 Å². The Morgan fingerprint density at radius 1 is 1.39 bits per heavy atom. The first kappa shape index (κ1) is 17.4. The van der Waals surface area contributed by atoms with Gasteiger partial charge >= 0.3 is 5.97 Å². The number of nitrogens with two attached hydrogens (primary N) is 1. The Morgan fingerprint density at radius 3 is 2.71 bits per heavy atom. The maximum Gasteiger partial charge on any atom is 0.341 e. The Morgan fingerprint density at radius 2 is 2.11 bits per heavy atom. The molecule has 0 bridgehead atoms. The van der Waals surface area contributed by atoms with Crippen LogP contribution in [0.2, 0.25) is 0 Å². The predicted molar refractivity (Wildman–Crippen MR) is 97.1 cm³/mol. The second kappa shape index (κ2) is 5.44. The van der Waals surface area contributed by atoms with E-state index in [0.717, 1.165) is 18.9 Å². The first-order valence-corrected chi connectivity index (χ1v) is 9.22. The predicted octanol–water partition coefficient (Wildman–Crippen LogP) is 1.86. The third kappa shape index (κ3) is 2.10. The molecule has 0 radical (unpaired) electrons. The maximum absolute atomic E-state index is 15.1. The number of aromatic nitrogens is 1. The summed E-state index contributed by atoms with van der Waals surface area (Å²) in [5.74, 6) is -3.66. The highest BCUT2D eigenvalue weighted by atomic mass is 19.2. The van der Waals surface area contributed by atoms with Gasteiger partial charge in [0, 0.05) is 29.9 Å². The van der Waals surface area contributed by atoms with Gasteiger partial charge in [-0.15, -0.1) is 0 Å².